The highest BCUT2D eigenvalue weighted by Crippen LogP contribution is 2.28. The van der Waals surface area contributed by atoms with Crippen molar-refractivity contribution < 1.29 is 14.3 Å². The van der Waals surface area contributed by atoms with Gasteiger partial charge in [-0.3, -0.25) is 4.79 Å². The predicted octanol–water partition coefficient (Wildman–Crippen LogP) is 3.60. The Balaban J connectivity index is 1.21. The molecule has 4 rings (SSSR count). The highest BCUT2D eigenvalue weighted by molar-refractivity contribution is 7.21. The van der Waals surface area contributed by atoms with Gasteiger partial charge in [0.05, 0.1) is 13.2 Å². The molecule has 30 heavy (non-hydrogen) atoms. The second-order valence-electron chi connectivity index (χ2n) is 7.02. The second-order valence-corrected chi connectivity index (χ2v) is 7.98. The first-order valence-electron chi connectivity index (χ1n) is 10.3. The summed E-state index contributed by atoms with van der Waals surface area (Å²) in [6.45, 7) is 6.07. The van der Waals surface area contributed by atoms with Gasteiger partial charge in [-0.25, -0.2) is 9.97 Å². The zero-order valence-corrected chi connectivity index (χ0v) is 17.9. The molecule has 1 aliphatic rings. The van der Waals surface area contributed by atoms with Gasteiger partial charge in [0.1, 0.15) is 10.3 Å². The Morgan fingerprint density at radius 2 is 1.83 bits per heavy atom. The van der Waals surface area contributed by atoms with Crippen LogP contribution in [0, 0.1) is 0 Å². The van der Waals surface area contributed by atoms with Gasteiger partial charge in [-0.05, 0) is 37.6 Å². The average Bonchev–Trinajstić information content (AvgIpc) is 3.22. The van der Waals surface area contributed by atoms with Gasteiger partial charge in [0, 0.05) is 38.8 Å². The number of hydrogen-bond acceptors (Lipinski definition) is 7. The van der Waals surface area contributed by atoms with E-state index < -0.39 is 0 Å². The van der Waals surface area contributed by atoms with E-state index in [4.69, 9.17) is 9.47 Å². The normalized spacial score (nSPS) is 14.2. The summed E-state index contributed by atoms with van der Waals surface area (Å²) in [7, 11) is 0. The highest BCUT2D eigenvalue weighted by atomic mass is 32.1. The Kier molecular flexibility index (Phi) is 6.63. The summed E-state index contributed by atoms with van der Waals surface area (Å²) in [5.41, 5.74) is 0.932. The maximum absolute atomic E-state index is 12.6. The SMILES string of the molecule is CCOc1ccccc1OCCCC(=O)N1CCN(c2nc3cccnc3s2)CC1. The molecular weight excluding hydrogens is 400 g/mol. The minimum absolute atomic E-state index is 0.183. The molecule has 158 valence electrons. The van der Waals surface area contributed by atoms with Crippen LogP contribution in [0.15, 0.2) is 42.6 Å². The van der Waals surface area contributed by atoms with Crippen LogP contribution in [0.4, 0.5) is 5.13 Å². The van der Waals surface area contributed by atoms with Crippen molar-refractivity contribution in [2.45, 2.75) is 19.8 Å². The quantitative estimate of drug-likeness (QED) is 0.513. The number of carbonyl (C=O) groups is 1. The van der Waals surface area contributed by atoms with Crippen molar-refractivity contribution in [2.24, 2.45) is 0 Å². The van der Waals surface area contributed by atoms with E-state index in [0.29, 0.717) is 26.1 Å². The first-order chi connectivity index (χ1) is 14.7. The number of hydrogen-bond donors (Lipinski definition) is 0. The fourth-order valence-corrected chi connectivity index (χ4v) is 4.41. The van der Waals surface area contributed by atoms with Gasteiger partial charge in [-0.1, -0.05) is 23.5 Å². The molecule has 1 amide bonds. The van der Waals surface area contributed by atoms with Gasteiger partial charge in [0.2, 0.25) is 5.91 Å². The van der Waals surface area contributed by atoms with Crippen LogP contribution in [0.5, 0.6) is 11.5 Å². The van der Waals surface area contributed by atoms with Gasteiger partial charge in [-0.15, -0.1) is 0 Å². The maximum atomic E-state index is 12.6. The molecule has 0 radical (unpaired) electrons. The van der Waals surface area contributed by atoms with Gasteiger partial charge in [-0.2, -0.15) is 0 Å². The number of benzene rings is 1. The number of aromatic nitrogens is 2. The molecule has 1 saturated heterocycles. The van der Waals surface area contributed by atoms with E-state index in [-0.39, 0.29) is 5.91 Å². The molecule has 0 aliphatic carbocycles. The second kappa shape index (κ2) is 9.75. The summed E-state index contributed by atoms with van der Waals surface area (Å²) in [6.07, 6.45) is 2.96. The smallest absolute Gasteiger partial charge is 0.222 e. The molecule has 0 atom stereocenters. The van der Waals surface area contributed by atoms with Gasteiger partial charge >= 0.3 is 0 Å². The van der Waals surface area contributed by atoms with E-state index in [1.807, 2.05) is 48.2 Å². The van der Waals surface area contributed by atoms with Crippen LogP contribution >= 0.6 is 11.3 Å². The highest BCUT2D eigenvalue weighted by Gasteiger charge is 2.23. The molecule has 0 bridgehead atoms. The summed E-state index contributed by atoms with van der Waals surface area (Å²) in [5, 5.41) is 0.983. The summed E-state index contributed by atoms with van der Waals surface area (Å²) in [5.74, 6) is 1.65. The molecule has 8 heteroatoms. The van der Waals surface area contributed by atoms with E-state index in [0.717, 1.165) is 53.2 Å². The van der Waals surface area contributed by atoms with Crippen molar-refractivity contribution in [1.82, 2.24) is 14.9 Å². The summed E-state index contributed by atoms with van der Waals surface area (Å²) < 4.78 is 11.4. The number of rotatable bonds is 8. The fourth-order valence-electron chi connectivity index (χ4n) is 3.45. The Labute approximate surface area is 180 Å². The van der Waals surface area contributed by atoms with Crippen molar-refractivity contribution >= 4 is 32.7 Å². The van der Waals surface area contributed by atoms with Crippen molar-refractivity contribution in [3.8, 4) is 11.5 Å². The molecule has 1 aliphatic heterocycles. The minimum atomic E-state index is 0.183. The number of ether oxygens (including phenoxy) is 2. The van der Waals surface area contributed by atoms with Crippen LogP contribution in [-0.4, -0.2) is 60.2 Å². The lowest BCUT2D eigenvalue weighted by Gasteiger charge is -2.34. The number of thiazole rings is 1. The molecule has 0 unspecified atom stereocenters. The van der Waals surface area contributed by atoms with Crippen LogP contribution in [0.2, 0.25) is 0 Å². The third-order valence-corrected chi connectivity index (χ3v) is 6.04. The molecule has 0 saturated carbocycles. The largest absolute Gasteiger partial charge is 0.490 e. The standard InChI is InChI=1S/C22H26N4O3S/c1-2-28-18-8-3-4-9-19(18)29-16-6-10-20(27)25-12-14-26(15-13-25)22-24-17-7-5-11-23-21(17)30-22/h3-5,7-9,11H,2,6,10,12-16H2,1H3. The maximum Gasteiger partial charge on any atom is 0.222 e. The molecule has 2 aromatic heterocycles. The Bertz CT molecular complexity index is 952. The average molecular weight is 427 g/mol. The number of carbonyl (C=O) groups excluding carboxylic acids is 1. The third kappa shape index (κ3) is 4.81. The number of fused-ring (bicyclic) bond motifs is 1. The molecule has 0 N–H and O–H groups in total. The monoisotopic (exact) mass is 426 g/mol. The lowest BCUT2D eigenvalue weighted by molar-refractivity contribution is -0.131. The molecule has 3 heterocycles. The zero-order chi connectivity index (χ0) is 20.8. The fraction of sp³-hybridized carbons (Fsp3) is 0.409. The van der Waals surface area contributed by atoms with E-state index in [9.17, 15) is 4.79 Å². The number of nitrogens with zero attached hydrogens (tertiary/aromatic N) is 4. The Hall–Kier alpha value is -2.87. The first kappa shape index (κ1) is 20.4. The topological polar surface area (TPSA) is 67.8 Å². The number of para-hydroxylation sites is 2. The number of amides is 1. The minimum Gasteiger partial charge on any atom is -0.490 e. The molecule has 0 spiro atoms. The number of piperazine rings is 1. The lowest BCUT2D eigenvalue weighted by atomic mass is 10.2. The molecule has 1 aromatic carbocycles. The first-order valence-corrected chi connectivity index (χ1v) is 11.1. The predicted molar refractivity (Wildman–Crippen MR) is 119 cm³/mol. The molecule has 3 aromatic rings. The van der Waals surface area contributed by atoms with Gasteiger partial charge in [0.15, 0.2) is 16.6 Å². The third-order valence-electron chi connectivity index (χ3n) is 5.00. The number of anilines is 1. The van der Waals surface area contributed by atoms with E-state index in [1.165, 1.54) is 0 Å². The van der Waals surface area contributed by atoms with Crippen LogP contribution in [-0.2, 0) is 4.79 Å². The molecule has 7 nitrogen and oxygen atoms in total. The van der Waals surface area contributed by atoms with Gasteiger partial charge in [0.25, 0.3) is 0 Å². The molecular formula is C22H26N4O3S. The van der Waals surface area contributed by atoms with Crippen LogP contribution in [0.3, 0.4) is 0 Å². The van der Waals surface area contributed by atoms with Crippen molar-refractivity contribution in [2.75, 3.05) is 44.3 Å². The summed E-state index contributed by atoms with van der Waals surface area (Å²) in [6, 6.07) is 11.5. The Morgan fingerprint density at radius 3 is 2.57 bits per heavy atom. The van der Waals surface area contributed by atoms with Crippen molar-refractivity contribution in [1.29, 1.82) is 0 Å². The van der Waals surface area contributed by atoms with E-state index >= 15 is 0 Å². The van der Waals surface area contributed by atoms with E-state index in [2.05, 4.69) is 14.9 Å². The van der Waals surface area contributed by atoms with Crippen molar-refractivity contribution in [3.63, 3.8) is 0 Å². The molecule has 1 fully saturated rings. The summed E-state index contributed by atoms with van der Waals surface area (Å²) >= 11 is 1.61. The number of pyridine rings is 1. The van der Waals surface area contributed by atoms with Crippen LogP contribution in [0.1, 0.15) is 19.8 Å². The van der Waals surface area contributed by atoms with Crippen LogP contribution < -0.4 is 14.4 Å². The van der Waals surface area contributed by atoms with Gasteiger partial charge < -0.3 is 19.3 Å². The van der Waals surface area contributed by atoms with E-state index in [1.54, 1.807) is 17.5 Å². The van der Waals surface area contributed by atoms with Crippen molar-refractivity contribution in [3.05, 3.63) is 42.6 Å². The Morgan fingerprint density at radius 1 is 1.07 bits per heavy atom. The lowest BCUT2D eigenvalue weighted by Crippen LogP contribution is -2.48. The summed E-state index contributed by atoms with van der Waals surface area (Å²) in [4.78, 5) is 26.7. The zero-order valence-electron chi connectivity index (χ0n) is 17.1. The van der Waals surface area contributed by atoms with Crippen LogP contribution in [0.25, 0.3) is 10.3 Å².